The summed E-state index contributed by atoms with van der Waals surface area (Å²) in [5.41, 5.74) is 4.60. The summed E-state index contributed by atoms with van der Waals surface area (Å²) in [5.74, 6) is 5.22. The van der Waals surface area contributed by atoms with Crippen molar-refractivity contribution in [2.45, 2.75) is 26.7 Å². The van der Waals surface area contributed by atoms with Crippen LogP contribution in [-0.2, 0) is 12.8 Å². The Labute approximate surface area is 116 Å². The Kier molecular flexibility index (Phi) is 4.24. The van der Waals surface area contributed by atoms with E-state index < -0.39 is 11.6 Å². The molecule has 1 aromatic heterocycles. The van der Waals surface area contributed by atoms with Crippen LogP contribution in [0.2, 0.25) is 0 Å². The number of nitrogens with zero attached hydrogens (tertiary/aromatic N) is 2. The van der Waals surface area contributed by atoms with Gasteiger partial charge in [0, 0.05) is 23.7 Å². The zero-order valence-corrected chi connectivity index (χ0v) is 11.4. The summed E-state index contributed by atoms with van der Waals surface area (Å²) in [6, 6.07) is 3.46. The van der Waals surface area contributed by atoms with Crippen molar-refractivity contribution in [2.75, 3.05) is 5.43 Å². The quantitative estimate of drug-likeness (QED) is 0.666. The molecular formula is C14H16F2N4. The average Bonchev–Trinajstić information content (AvgIpc) is 2.41. The first kappa shape index (κ1) is 14.3. The molecule has 0 atom stereocenters. The van der Waals surface area contributed by atoms with Crippen LogP contribution in [0.3, 0.4) is 0 Å². The van der Waals surface area contributed by atoms with E-state index in [4.69, 9.17) is 5.84 Å². The van der Waals surface area contributed by atoms with Gasteiger partial charge in [0.15, 0.2) is 0 Å². The first-order valence-corrected chi connectivity index (χ1v) is 6.32. The SMILES string of the molecule is CCc1c(C)nc(Cc2ccc(F)cc2F)nc1NN. The van der Waals surface area contributed by atoms with Crippen molar-refractivity contribution in [3.05, 3.63) is 52.5 Å². The molecule has 3 N–H and O–H groups in total. The van der Waals surface area contributed by atoms with E-state index >= 15 is 0 Å². The summed E-state index contributed by atoms with van der Waals surface area (Å²) in [4.78, 5) is 8.62. The third-order valence-corrected chi connectivity index (χ3v) is 3.11. The summed E-state index contributed by atoms with van der Waals surface area (Å²) in [7, 11) is 0. The van der Waals surface area contributed by atoms with Crippen molar-refractivity contribution in [3.8, 4) is 0 Å². The number of halogens is 2. The number of hydrazine groups is 1. The van der Waals surface area contributed by atoms with Crippen LogP contribution in [0.1, 0.15) is 29.6 Å². The van der Waals surface area contributed by atoms with Gasteiger partial charge in [-0.2, -0.15) is 0 Å². The Balaban J connectivity index is 2.36. The van der Waals surface area contributed by atoms with Crippen LogP contribution in [0.15, 0.2) is 18.2 Å². The van der Waals surface area contributed by atoms with E-state index in [0.29, 0.717) is 17.2 Å². The Morgan fingerprint density at radius 1 is 1.25 bits per heavy atom. The van der Waals surface area contributed by atoms with Crippen molar-refractivity contribution in [3.63, 3.8) is 0 Å². The van der Waals surface area contributed by atoms with Crippen LogP contribution >= 0.6 is 0 Å². The number of nitrogens with one attached hydrogen (secondary N) is 1. The second kappa shape index (κ2) is 5.92. The van der Waals surface area contributed by atoms with Gasteiger partial charge in [0.2, 0.25) is 0 Å². The molecule has 4 nitrogen and oxygen atoms in total. The Morgan fingerprint density at radius 3 is 2.60 bits per heavy atom. The zero-order valence-electron chi connectivity index (χ0n) is 11.4. The van der Waals surface area contributed by atoms with E-state index in [1.165, 1.54) is 12.1 Å². The third kappa shape index (κ3) is 2.91. The predicted molar refractivity (Wildman–Crippen MR) is 73.1 cm³/mol. The molecule has 106 valence electrons. The van der Waals surface area contributed by atoms with Crippen molar-refractivity contribution < 1.29 is 8.78 Å². The van der Waals surface area contributed by atoms with E-state index in [1.54, 1.807) is 0 Å². The molecule has 0 saturated heterocycles. The second-order valence-corrected chi connectivity index (χ2v) is 4.46. The van der Waals surface area contributed by atoms with Gasteiger partial charge >= 0.3 is 0 Å². The maximum absolute atomic E-state index is 13.6. The van der Waals surface area contributed by atoms with Gasteiger partial charge in [0.05, 0.1) is 0 Å². The number of aryl methyl sites for hydroxylation is 1. The fourth-order valence-electron chi connectivity index (χ4n) is 2.11. The monoisotopic (exact) mass is 278 g/mol. The van der Waals surface area contributed by atoms with Gasteiger partial charge in [-0.1, -0.05) is 13.0 Å². The highest BCUT2D eigenvalue weighted by Gasteiger charge is 2.12. The molecule has 0 fully saturated rings. The summed E-state index contributed by atoms with van der Waals surface area (Å²) in [6.07, 6.45) is 0.933. The number of hydrogen-bond acceptors (Lipinski definition) is 4. The van der Waals surface area contributed by atoms with Gasteiger partial charge in [-0.25, -0.2) is 24.6 Å². The van der Waals surface area contributed by atoms with Crippen LogP contribution in [-0.4, -0.2) is 9.97 Å². The minimum absolute atomic E-state index is 0.186. The van der Waals surface area contributed by atoms with E-state index in [2.05, 4.69) is 15.4 Å². The van der Waals surface area contributed by atoms with Crippen LogP contribution in [0.4, 0.5) is 14.6 Å². The Hall–Kier alpha value is -2.08. The van der Waals surface area contributed by atoms with Gasteiger partial charge in [-0.3, -0.25) is 0 Å². The van der Waals surface area contributed by atoms with Crippen molar-refractivity contribution >= 4 is 5.82 Å². The fraction of sp³-hybridized carbons (Fsp3) is 0.286. The second-order valence-electron chi connectivity index (χ2n) is 4.46. The lowest BCUT2D eigenvalue weighted by Gasteiger charge is -2.11. The van der Waals surface area contributed by atoms with Gasteiger partial charge in [0.25, 0.3) is 0 Å². The maximum atomic E-state index is 13.6. The molecular weight excluding hydrogens is 262 g/mol. The number of benzene rings is 1. The van der Waals surface area contributed by atoms with Gasteiger partial charge in [-0.15, -0.1) is 0 Å². The molecule has 1 aromatic carbocycles. The van der Waals surface area contributed by atoms with Crippen LogP contribution in [0.25, 0.3) is 0 Å². The van der Waals surface area contributed by atoms with Crippen molar-refractivity contribution in [2.24, 2.45) is 5.84 Å². The summed E-state index contributed by atoms with van der Waals surface area (Å²) < 4.78 is 26.5. The van der Waals surface area contributed by atoms with Crippen LogP contribution < -0.4 is 11.3 Å². The minimum Gasteiger partial charge on any atom is -0.308 e. The standard InChI is InChI=1S/C14H16F2N4/c1-3-11-8(2)18-13(19-14(11)20-17)6-9-4-5-10(15)7-12(9)16/h4-5,7H,3,6,17H2,1-2H3,(H,18,19,20). The van der Waals surface area contributed by atoms with E-state index in [-0.39, 0.29) is 6.42 Å². The first-order valence-electron chi connectivity index (χ1n) is 6.32. The lowest BCUT2D eigenvalue weighted by Crippen LogP contribution is -2.15. The molecule has 0 amide bonds. The minimum atomic E-state index is -0.604. The average molecular weight is 278 g/mol. The molecule has 0 bridgehead atoms. The number of aromatic nitrogens is 2. The maximum Gasteiger partial charge on any atom is 0.147 e. The number of rotatable bonds is 4. The predicted octanol–water partition coefficient (Wildman–Crippen LogP) is 2.50. The molecule has 6 heteroatoms. The molecule has 2 rings (SSSR count). The highest BCUT2D eigenvalue weighted by atomic mass is 19.1. The number of anilines is 1. The molecule has 2 aromatic rings. The normalized spacial score (nSPS) is 10.7. The van der Waals surface area contributed by atoms with E-state index in [0.717, 1.165) is 23.7 Å². The van der Waals surface area contributed by atoms with E-state index in [1.807, 2.05) is 13.8 Å². The third-order valence-electron chi connectivity index (χ3n) is 3.11. The molecule has 1 heterocycles. The topological polar surface area (TPSA) is 63.8 Å². The van der Waals surface area contributed by atoms with Crippen molar-refractivity contribution in [1.29, 1.82) is 0 Å². The fourth-order valence-corrected chi connectivity index (χ4v) is 2.11. The molecule has 20 heavy (non-hydrogen) atoms. The van der Waals surface area contributed by atoms with Crippen LogP contribution in [0.5, 0.6) is 0 Å². The molecule has 0 saturated carbocycles. The van der Waals surface area contributed by atoms with E-state index in [9.17, 15) is 8.78 Å². The highest BCUT2D eigenvalue weighted by Crippen LogP contribution is 2.18. The number of nitrogens with two attached hydrogens (primary N) is 1. The molecule has 0 unspecified atom stereocenters. The van der Waals surface area contributed by atoms with Gasteiger partial charge < -0.3 is 5.43 Å². The molecule has 0 aliphatic heterocycles. The van der Waals surface area contributed by atoms with Crippen molar-refractivity contribution in [1.82, 2.24) is 9.97 Å². The number of hydrogen-bond donors (Lipinski definition) is 2. The van der Waals surface area contributed by atoms with Crippen LogP contribution in [0, 0.1) is 18.6 Å². The molecule has 0 spiro atoms. The zero-order chi connectivity index (χ0) is 14.7. The summed E-state index contributed by atoms with van der Waals surface area (Å²) in [5, 5.41) is 0. The molecule has 0 aliphatic carbocycles. The Bertz CT molecular complexity index is 629. The Morgan fingerprint density at radius 2 is 2.00 bits per heavy atom. The lowest BCUT2D eigenvalue weighted by atomic mass is 10.1. The number of nitrogen functional groups attached to an aromatic ring is 1. The molecule has 0 radical (unpaired) electrons. The molecule has 0 aliphatic rings. The summed E-state index contributed by atoms with van der Waals surface area (Å²) in [6.45, 7) is 3.83. The smallest absolute Gasteiger partial charge is 0.147 e. The first-order chi connectivity index (χ1) is 9.55. The largest absolute Gasteiger partial charge is 0.308 e. The lowest BCUT2D eigenvalue weighted by molar-refractivity contribution is 0.573. The van der Waals surface area contributed by atoms with Gasteiger partial charge in [0.1, 0.15) is 23.3 Å². The highest BCUT2D eigenvalue weighted by molar-refractivity contribution is 5.45. The van der Waals surface area contributed by atoms with Gasteiger partial charge in [-0.05, 0) is 25.0 Å². The summed E-state index contributed by atoms with van der Waals surface area (Å²) >= 11 is 0.